The van der Waals surface area contributed by atoms with E-state index in [0.717, 1.165) is 5.69 Å². The number of anilines is 2. The number of amides is 1. The lowest BCUT2D eigenvalue weighted by atomic mass is 9.82. The number of hydrogen-bond acceptors (Lipinski definition) is 7. The van der Waals surface area contributed by atoms with Crippen LogP contribution in [-0.4, -0.2) is 62.3 Å². The molecule has 37 heavy (non-hydrogen) atoms. The van der Waals surface area contributed by atoms with Gasteiger partial charge in [0.15, 0.2) is 30.0 Å². The molecule has 0 unspecified atom stereocenters. The molecule has 0 atom stereocenters. The fraction of sp³-hybridized carbons (Fsp3) is 0.360. The molecule has 1 saturated heterocycles. The number of aryl methyl sites for hydroxylation is 1. The zero-order valence-corrected chi connectivity index (χ0v) is 21.1. The van der Waals surface area contributed by atoms with Gasteiger partial charge in [0.25, 0.3) is 5.91 Å². The van der Waals surface area contributed by atoms with Gasteiger partial charge in [-0.15, -0.1) is 5.10 Å². The average molecular weight is 530 g/mol. The van der Waals surface area contributed by atoms with Crippen LogP contribution in [0.5, 0.6) is 0 Å². The Morgan fingerprint density at radius 2 is 2.00 bits per heavy atom. The number of nitrogens with one attached hydrogen (secondary N) is 2. The highest BCUT2D eigenvalue weighted by Gasteiger charge is 2.43. The van der Waals surface area contributed by atoms with Crippen molar-refractivity contribution in [1.29, 1.82) is 0 Å². The van der Waals surface area contributed by atoms with Gasteiger partial charge in [0.2, 0.25) is 5.90 Å². The Bertz CT molecular complexity index is 1350. The van der Waals surface area contributed by atoms with Gasteiger partial charge in [-0.25, -0.2) is 13.8 Å². The number of carbonyl (C=O) groups excluding carboxylic acids is 1. The summed E-state index contributed by atoms with van der Waals surface area (Å²) in [6, 6.07) is 9.17. The number of rotatable bonds is 6. The molecule has 194 valence electrons. The van der Waals surface area contributed by atoms with Crippen LogP contribution in [0.25, 0.3) is 0 Å². The van der Waals surface area contributed by atoms with E-state index in [1.165, 1.54) is 18.2 Å². The highest BCUT2D eigenvalue weighted by atomic mass is 35.5. The molecule has 0 aliphatic carbocycles. The van der Waals surface area contributed by atoms with E-state index in [1.54, 1.807) is 30.0 Å². The average Bonchev–Trinajstić information content (AvgIpc) is 3.51. The van der Waals surface area contributed by atoms with E-state index in [9.17, 15) is 13.6 Å². The Hall–Kier alpha value is -3.73. The number of hydrazone groups is 1. The first-order valence-corrected chi connectivity index (χ1v) is 12.3. The first kappa shape index (κ1) is 24.9. The summed E-state index contributed by atoms with van der Waals surface area (Å²) < 4.78 is 34.6. The lowest BCUT2D eigenvalue weighted by Gasteiger charge is -2.45. The smallest absolute Gasteiger partial charge is 0.256 e. The number of aromatic nitrogens is 3. The second-order valence-electron chi connectivity index (χ2n) is 9.28. The Balaban J connectivity index is 1.37. The summed E-state index contributed by atoms with van der Waals surface area (Å²) in [5, 5.41) is 16.2. The van der Waals surface area contributed by atoms with Gasteiger partial charge in [-0.1, -0.05) is 17.7 Å². The van der Waals surface area contributed by atoms with E-state index in [4.69, 9.17) is 16.3 Å². The maximum Gasteiger partial charge on any atom is 0.256 e. The number of ether oxygens (including phenoxy) is 1. The van der Waals surface area contributed by atoms with E-state index in [1.807, 2.05) is 11.9 Å². The van der Waals surface area contributed by atoms with Crippen LogP contribution in [0.4, 0.5) is 20.4 Å². The number of aromatic amines is 1. The number of likely N-dealkylation sites (tertiary alicyclic amines) is 1. The number of hydrogen-bond donors (Lipinski definition) is 2. The van der Waals surface area contributed by atoms with E-state index in [0.29, 0.717) is 49.8 Å². The van der Waals surface area contributed by atoms with Gasteiger partial charge in [0.1, 0.15) is 0 Å². The zero-order chi connectivity index (χ0) is 26.2. The molecule has 0 spiro atoms. The molecule has 1 amide bonds. The van der Waals surface area contributed by atoms with Gasteiger partial charge >= 0.3 is 0 Å². The third-order valence-corrected chi connectivity index (χ3v) is 7.03. The molecule has 3 aromatic rings. The van der Waals surface area contributed by atoms with Gasteiger partial charge in [0, 0.05) is 43.9 Å². The number of piperidine rings is 1. The third-order valence-electron chi connectivity index (χ3n) is 6.73. The molecule has 4 heterocycles. The molecule has 0 bridgehead atoms. The highest BCUT2D eigenvalue weighted by molar-refractivity contribution is 6.31. The van der Waals surface area contributed by atoms with Crippen LogP contribution in [0.1, 0.15) is 41.5 Å². The van der Waals surface area contributed by atoms with Gasteiger partial charge in [0.05, 0.1) is 16.1 Å². The monoisotopic (exact) mass is 529 g/mol. The van der Waals surface area contributed by atoms with Gasteiger partial charge in [-0.2, -0.15) is 5.10 Å². The maximum absolute atomic E-state index is 14.6. The summed E-state index contributed by atoms with van der Waals surface area (Å²) in [6.45, 7) is 4.63. The van der Waals surface area contributed by atoms with Crippen LogP contribution in [0.3, 0.4) is 0 Å². The van der Waals surface area contributed by atoms with Crippen LogP contribution >= 0.6 is 11.6 Å². The Morgan fingerprint density at radius 3 is 2.68 bits per heavy atom. The minimum Gasteiger partial charge on any atom is -0.457 e. The quantitative estimate of drug-likeness (QED) is 0.483. The van der Waals surface area contributed by atoms with E-state index in [2.05, 4.69) is 25.6 Å². The van der Waals surface area contributed by atoms with Crippen LogP contribution in [-0.2, 0) is 11.2 Å². The minimum absolute atomic E-state index is 0.0529. The SMILES string of the molecule is CC1=NN(C2(Cc3ccc(F)c(Nc4cc(C)[nH]n4)n3)CCN(C(=O)c3cccc(Cl)c3F)CC2)CO1. The van der Waals surface area contributed by atoms with Crippen LogP contribution < -0.4 is 5.32 Å². The molecule has 0 radical (unpaired) electrons. The first-order valence-electron chi connectivity index (χ1n) is 11.9. The summed E-state index contributed by atoms with van der Waals surface area (Å²) in [4.78, 5) is 19.2. The van der Waals surface area contributed by atoms with Gasteiger partial charge in [-0.3, -0.25) is 14.9 Å². The molecule has 5 rings (SSSR count). The topological polar surface area (TPSA) is 98.7 Å². The fourth-order valence-corrected chi connectivity index (χ4v) is 4.90. The second kappa shape index (κ2) is 9.97. The van der Waals surface area contributed by atoms with E-state index in [-0.39, 0.29) is 23.1 Å². The summed E-state index contributed by atoms with van der Waals surface area (Å²) in [7, 11) is 0. The number of benzene rings is 1. The number of H-pyrrole nitrogens is 1. The summed E-state index contributed by atoms with van der Waals surface area (Å²) in [6.07, 6.45) is 1.50. The Labute approximate surface area is 217 Å². The summed E-state index contributed by atoms with van der Waals surface area (Å²) in [5.41, 5.74) is 0.894. The standard InChI is InChI=1S/C25H26ClF2N7O2/c1-15-12-21(32-31-15)30-23-20(27)7-6-17(29-23)13-25(35-14-37-16(2)33-35)8-10-34(11-9-25)24(36)18-4-3-5-19(26)22(18)28/h3-7,12H,8-11,13-14H2,1-2H3,(H2,29,30,31,32). The molecule has 2 aliphatic rings. The van der Waals surface area contributed by atoms with Crippen molar-refractivity contribution in [2.24, 2.45) is 5.10 Å². The van der Waals surface area contributed by atoms with E-state index < -0.39 is 23.1 Å². The number of pyridine rings is 1. The summed E-state index contributed by atoms with van der Waals surface area (Å²) >= 11 is 5.88. The van der Waals surface area contributed by atoms with Crippen LogP contribution in [0.15, 0.2) is 41.5 Å². The lowest BCUT2D eigenvalue weighted by molar-refractivity contribution is -0.00270. The molecule has 9 nitrogen and oxygen atoms in total. The third kappa shape index (κ3) is 5.08. The summed E-state index contributed by atoms with van der Waals surface area (Å²) in [5.74, 6) is -0.555. The number of halogens is 3. The molecule has 1 fully saturated rings. The fourth-order valence-electron chi connectivity index (χ4n) is 4.73. The Kier molecular flexibility index (Phi) is 6.72. The largest absolute Gasteiger partial charge is 0.457 e. The van der Waals surface area contributed by atoms with Gasteiger partial charge < -0.3 is 15.0 Å². The lowest BCUT2D eigenvalue weighted by Crippen LogP contribution is -2.55. The molecule has 0 saturated carbocycles. The van der Waals surface area contributed by atoms with Crippen LogP contribution in [0.2, 0.25) is 5.02 Å². The minimum atomic E-state index is -0.721. The molecule has 1 aromatic carbocycles. The first-order chi connectivity index (χ1) is 17.7. The number of carbonyl (C=O) groups is 1. The van der Waals surface area contributed by atoms with Crippen molar-refractivity contribution in [1.82, 2.24) is 25.1 Å². The molecular formula is C25H26ClF2N7O2. The molecular weight excluding hydrogens is 504 g/mol. The normalized spacial score (nSPS) is 16.9. The van der Waals surface area contributed by atoms with Crippen molar-refractivity contribution >= 4 is 35.0 Å². The van der Waals surface area contributed by atoms with Crippen molar-refractivity contribution in [2.75, 3.05) is 25.1 Å². The molecule has 2 N–H and O–H groups in total. The van der Waals surface area contributed by atoms with Crippen molar-refractivity contribution in [2.45, 2.75) is 38.6 Å². The van der Waals surface area contributed by atoms with Crippen molar-refractivity contribution < 1.29 is 18.3 Å². The van der Waals surface area contributed by atoms with Crippen LogP contribution in [0, 0.1) is 18.6 Å². The maximum atomic E-state index is 14.6. The molecule has 12 heteroatoms. The molecule has 2 aliphatic heterocycles. The second-order valence-corrected chi connectivity index (χ2v) is 9.69. The van der Waals surface area contributed by atoms with Gasteiger partial charge in [-0.05, 0) is 44.0 Å². The van der Waals surface area contributed by atoms with E-state index >= 15 is 0 Å². The highest BCUT2D eigenvalue weighted by Crippen LogP contribution is 2.35. The zero-order valence-electron chi connectivity index (χ0n) is 20.4. The molecule has 2 aromatic heterocycles. The number of nitrogens with zero attached hydrogens (tertiary/aromatic N) is 5. The predicted octanol–water partition coefficient (Wildman–Crippen LogP) is 4.63. The van der Waals surface area contributed by atoms with Crippen molar-refractivity contribution in [3.63, 3.8) is 0 Å². The Morgan fingerprint density at radius 1 is 1.22 bits per heavy atom. The van der Waals surface area contributed by atoms with Crippen molar-refractivity contribution in [3.05, 3.63) is 70.0 Å². The predicted molar refractivity (Wildman–Crippen MR) is 135 cm³/mol. The van der Waals surface area contributed by atoms with Crippen molar-refractivity contribution in [3.8, 4) is 0 Å².